The first kappa shape index (κ1) is 20.7. The Balaban J connectivity index is 1.82. The Morgan fingerprint density at radius 2 is 1.77 bits per heavy atom. The molecule has 2 aliphatic rings. The topological polar surface area (TPSA) is 59.1 Å². The molecule has 26 heavy (non-hydrogen) atoms. The van der Waals surface area contributed by atoms with Gasteiger partial charge in [-0.3, -0.25) is 4.79 Å². The molecule has 1 saturated heterocycles. The van der Waals surface area contributed by atoms with Crippen LogP contribution < -0.4 is 0 Å². The molecular formula is C22H32O4. The van der Waals surface area contributed by atoms with Crippen LogP contribution in [0.1, 0.15) is 59.8 Å². The minimum absolute atomic E-state index is 0.108. The molecule has 0 bridgehead atoms. The summed E-state index contributed by atoms with van der Waals surface area (Å²) in [7, 11) is 1.46. The van der Waals surface area contributed by atoms with Crippen LogP contribution in [0.25, 0.3) is 0 Å². The lowest BCUT2D eigenvalue weighted by Gasteiger charge is -2.19. The molecule has 0 aromatic carbocycles. The Labute approximate surface area is 157 Å². The molecule has 0 aromatic heterocycles. The summed E-state index contributed by atoms with van der Waals surface area (Å²) in [6.07, 6.45) is 11.4. The molecule has 0 spiro atoms. The number of carbonyl (C=O) groups is 1. The van der Waals surface area contributed by atoms with Gasteiger partial charge in [0, 0.05) is 12.5 Å². The van der Waals surface area contributed by atoms with E-state index < -0.39 is 17.8 Å². The number of epoxide rings is 1. The maximum Gasteiger partial charge on any atom is 0.194 e. The predicted octanol–water partition coefficient (Wildman–Crippen LogP) is 4.41. The number of fused-ring (bicyclic) bond motifs is 1. The van der Waals surface area contributed by atoms with Gasteiger partial charge in [0.05, 0.1) is 7.11 Å². The van der Waals surface area contributed by atoms with Crippen LogP contribution >= 0.6 is 0 Å². The number of carbonyl (C=O) groups excluding carboxylic acids is 1. The molecule has 0 amide bonds. The van der Waals surface area contributed by atoms with Gasteiger partial charge >= 0.3 is 0 Å². The number of allylic oxidation sites excluding steroid dienone is 5. The van der Waals surface area contributed by atoms with Gasteiger partial charge < -0.3 is 14.6 Å². The fourth-order valence-corrected chi connectivity index (χ4v) is 3.31. The summed E-state index contributed by atoms with van der Waals surface area (Å²) in [5.74, 6) is 0.186. The first-order valence-electron chi connectivity index (χ1n) is 9.40. The lowest BCUT2D eigenvalue weighted by atomic mass is 9.86. The summed E-state index contributed by atoms with van der Waals surface area (Å²) in [4.78, 5) is 12.3. The van der Waals surface area contributed by atoms with Gasteiger partial charge in [-0.2, -0.15) is 0 Å². The highest BCUT2D eigenvalue weighted by molar-refractivity contribution is 6.01. The minimum atomic E-state index is -0.876. The first-order valence-corrected chi connectivity index (χ1v) is 9.40. The van der Waals surface area contributed by atoms with Gasteiger partial charge in [0.15, 0.2) is 11.4 Å². The van der Waals surface area contributed by atoms with Crippen LogP contribution in [0.5, 0.6) is 0 Å². The van der Waals surface area contributed by atoms with Crippen LogP contribution in [0, 0.1) is 0 Å². The Kier molecular flexibility index (Phi) is 7.01. The summed E-state index contributed by atoms with van der Waals surface area (Å²) in [6.45, 7) is 8.52. The van der Waals surface area contributed by atoms with E-state index in [4.69, 9.17) is 9.47 Å². The average Bonchev–Trinajstić information content (AvgIpc) is 3.33. The van der Waals surface area contributed by atoms with Gasteiger partial charge in [-0.15, -0.1) is 0 Å². The standard InChI is InChI=1S/C22H32O4/c1-15(2)8-6-9-16(3)10-7-11-17(4)12-13-22-19(23)14-18(25-5)20(24)21(22)26-22/h8,10,12,14,20-21,24H,6-7,9,11,13H2,1-5H3/b16-10+,17-12+/t20-,21-,22+/m1/s1. The zero-order chi connectivity index (χ0) is 19.3. The average molecular weight is 360 g/mol. The van der Waals surface area contributed by atoms with Crippen molar-refractivity contribution in [1.29, 1.82) is 0 Å². The Hall–Kier alpha value is -1.65. The molecule has 144 valence electrons. The van der Waals surface area contributed by atoms with E-state index in [2.05, 4.69) is 45.9 Å². The second-order valence-electron chi connectivity index (χ2n) is 7.65. The number of methoxy groups -OCH3 is 1. The minimum Gasteiger partial charge on any atom is -0.498 e. The monoisotopic (exact) mass is 360 g/mol. The first-order chi connectivity index (χ1) is 12.3. The highest BCUT2D eigenvalue weighted by atomic mass is 16.6. The molecule has 1 N–H and O–H groups in total. The van der Waals surface area contributed by atoms with Crippen molar-refractivity contribution >= 4 is 5.78 Å². The molecule has 0 unspecified atom stereocenters. The predicted molar refractivity (Wildman–Crippen MR) is 104 cm³/mol. The molecule has 1 fully saturated rings. The van der Waals surface area contributed by atoms with E-state index in [1.807, 2.05) is 0 Å². The quantitative estimate of drug-likeness (QED) is 0.489. The molecule has 4 heteroatoms. The second-order valence-corrected chi connectivity index (χ2v) is 7.65. The normalized spacial score (nSPS) is 28.4. The molecule has 0 saturated carbocycles. The Morgan fingerprint density at radius 3 is 2.38 bits per heavy atom. The van der Waals surface area contributed by atoms with Crippen molar-refractivity contribution in [3.63, 3.8) is 0 Å². The maximum atomic E-state index is 12.3. The van der Waals surface area contributed by atoms with Crippen LogP contribution in [-0.2, 0) is 14.3 Å². The molecule has 2 rings (SSSR count). The van der Waals surface area contributed by atoms with Crippen LogP contribution in [-0.4, -0.2) is 35.8 Å². The highest BCUT2D eigenvalue weighted by Gasteiger charge is 2.66. The summed E-state index contributed by atoms with van der Waals surface area (Å²) < 4.78 is 10.6. The number of ether oxygens (including phenoxy) is 2. The number of hydrogen-bond acceptors (Lipinski definition) is 4. The van der Waals surface area contributed by atoms with Gasteiger partial charge in [-0.05, 0) is 53.4 Å². The number of rotatable bonds is 9. The molecular weight excluding hydrogens is 328 g/mol. The zero-order valence-corrected chi connectivity index (χ0v) is 16.7. The van der Waals surface area contributed by atoms with Gasteiger partial charge in [-0.25, -0.2) is 0 Å². The molecule has 1 heterocycles. The van der Waals surface area contributed by atoms with Crippen molar-refractivity contribution in [2.45, 2.75) is 77.6 Å². The number of aliphatic hydroxyl groups is 1. The van der Waals surface area contributed by atoms with E-state index in [1.54, 1.807) is 0 Å². The van der Waals surface area contributed by atoms with Crippen LogP contribution in [0.4, 0.5) is 0 Å². The second kappa shape index (κ2) is 8.83. The summed E-state index contributed by atoms with van der Waals surface area (Å²) >= 11 is 0. The van der Waals surface area contributed by atoms with E-state index in [0.717, 1.165) is 25.7 Å². The van der Waals surface area contributed by atoms with E-state index in [9.17, 15) is 9.90 Å². The third-order valence-electron chi connectivity index (χ3n) is 5.12. The largest absolute Gasteiger partial charge is 0.498 e. The highest BCUT2D eigenvalue weighted by Crippen LogP contribution is 2.48. The van der Waals surface area contributed by atoms with E-state index in [0.29, 0.717) is 12.2 Å². The third kappa shape index (κ3) is 4.95. The van der Waals surface area contributed by atoms with Crippen LogP contribution in [0.15, 0.2) is 46.8 Å². The Morgan fingerprint density at radius 1 is 1.15 bits per heavy atom. The Bertz CT molecular complexity index is 649. The molecule has 0 radical (unpaired) electrons. The van der Waals surface area contributed by atoms with Crippen molar-refractivity contribution in [2.75, 3.05) is 7.11 Å². The number of ketones is 1. The SMILES string of the molecule is COC1=CC(=O)[C@]2(C/C=C(\C)CC/C=C(\C)CCC=C(C)C)O[C@@H]2[C@@H]1O. The van der Waals surface area contributed by atoms with Crippen molar-refractivity contribution in [3.05, 3.63) is 46.8 Å². The van der Waals surface area contributed by atoms with Gasteiger partial charge in [0.25, 0.3) is 0 Å². The van der Waals surface area contributed by atoms with Crippen molar-refractivity contribution in [3.8, 4) is 0 Å². The van der Waals surface area contributed by atoms with Gasteiger partial charge in [-0.1, -0.05) is 34.9 Å². The number of hydrogen-bond donors (Lipinski definition) is 1. The summed E-state index contributed by atoms with van der Waals surface area (Å²) in [6, 6.07) is 0. The fraction of sp³-hybridized carbons (Fsp3) is 0.591. The number of aliphatic hydroxyl groups excluding tert-OH is 1. The van der Waals surface area contributed by atoms with E-state index in [1.165, 1.54) is 29.9 Å². The molecule has 1 aliphatic carbocycles. The maximum absolute atomic E-state index is 12.3. The lowest BCUT2D eigenvalue weighted by Crippen LogP contribution is -2.37. The molecule has 1 aliphatic heterocycles. The molecule has 4 nitrogen and oxygen atoms in total. The summed E-state index contributed by atoms with van der Waals surface area (Å²) in [5, 5.41) is 10.1. The van der Waals surface area contributed by atoms with Crippen LogP contribution in [0.2, 0.25) is 0 Å². The molecule has 3 atom stereocenters. The fourth-order valence-electron chi connectivity index (χ4n) is 3.31. The third-order valence-corrected chi connectivity index (χ3v) is 5.12. The van der Waals surface area contributed by atoms with E-state index >= 15 is 0 Å². The van der Waals surface area contributed by atoms with E-state index in [-0.39, 0.29) is 5.78 Å². The van der Waals surface area contributed by atoms with Gasteiger partial charge in [0.2, 0.25) is 0 Å². The van der Waals surface area contributed by atoms with Crippen molar-refractivity contribution < 1.29 is 19.4 Å². The lowest BCUT2D eigenvalue weighted by molar-refractivity contribution is -0.120. The zero-order valence-electron chi connectivity index (χ0n) is 16.7. The van der Waals surface area contributed by atoms with Crippen LogP contribution in [0.3, 0.4) is 0 Å². The molecule has 0 aromatic rings. The smallest absolute Gasteiger partial charge is 0.194 e. The van der Waals surface area contributed by atoms with Crippen molar-refractivity contribution in [2.24, 2.45) is 0 Å². The van der Waals surface area contributed by atoms with Crippen molar-refractivity contribution in [1.82, 2.24) is 0 Å². The summed E-state index contributed by atoms with van der Waals surface area (Å²) in [5.41, 5.74) is 3.15. The van der Waals surface area contributed by atoms with Gasteiger partial charge in [0.1, 0.15) is 18.0 Å².